The number of anilines is 1. The van der Waals surface area contributed by atoms with E-state index in [4.69, 9.17) is 0 Å². The highest BCUT2D eigenvalue weighted by atomic mass is 127. The SMILES string of the molecule is Cc1cc(N2CCCC2)ccc1/C=C/c1cccc[n+]1C.[I-]. The van der Waals surface area contributed by atoms with Gasteiger partial charge < -0.3 is 28.9 Å². The molecule has 0 aliphatic carbocycles. The zero-order valence-corrected chi connectivity index (χ0v) is 15.5. The van der Waals surface area contributed by atoms with Crippen molar-refractivity contribution >= 4 is 17.8 Å². The molecule has 22 heavy (non-hydrogen) atoms. The summed E-state index contributed by atoms with van der Waals surface area (Å²) in [6, 6.07) is 13.1. The van der Waals surface area contributed by atoms with Gasteiger partial charge in [-0.15, -0.1) is 0 Å². The maximum atomic E-state index is 2.48. The van der Waals surface area contributed by atoms with E-state index >= 15 is 0 Å². The van der Waals surface area contributed by atoms with Gasteiger partial charge in [-0.3, -0.25) is 0 Å². The molecule has 2 aromatic rings. The molecule has 1 aromatic carbocycles. The van der Waals surface area contributed by atoms with Crippen LogP contribution in [0.3, 0.4) is 0 Å². The van der Waals surface area contributed by atoms with Crippen LogP contribution < -0.4 is 33.4 Å². The summed E-state index contributed by atoms with van der Waals surface area (Å²) in [4.78, 5) is 2.48. The molecular weight excluding hydrogens is 383 g/mol. The molecule has 0 saturated carbocycles. The second-order valence-corrected chi connectivity index (χ2v) is 5.80. The Bertz CT molecular complexity index is 658. The number of pyridine rings is 1. The monoisotopic (exact) mass is 406 g/mol. The van der Waals surface area contributed by atoms with Crippen molar-refractivity contribution in [3.63, 3.8) is 0 Å². The van der Waals surface area contributed by atoms with Crippen molar-refractivity contribution in [3.05, 3.63) is 59.4 Å². The molecule has 2 nitrogen and oxygen atoms in total. The molecular formula is C19H23IN2. The lowest BCUT2D eigenvalue weighted by molar-refractivity contribution is -0.673. The van der Waals surface area contributed by atoms with Crippen LogP contribution in [0.2, 0.25) is 0 Å². The Kier molecular flexibility index (Phi) is 6.00. The molecule has 0 N–H and O–H groups in total. The first-order valence-corrected chi connectivity index (χ1v) is 7.72. The maximum absolute atomic E-state index is 2.48. The fourth-order valence-electron chi connectivity index (χ4n) is 2.90. The van der Waals surface area contributed by atoms with Gasteiger partial charge in [0.1, 0.15) is 7.05 Å². The second kappa shape index (κ2) is 7.77. The topological polar surface area (TPSA) is 7.12 Å². The third kappa shape index (κ3) is 3.88. The van der Waals surface area contributed by atoms with Crippen LogP contribution in [-0.2, 0) is 7.05 Å². The summed E-state index contributed by atoms with van der Waals surface area (Å²) in [6.45, 7) is 4.60. The maximum Gasteiger partial charge on any atom is 0.204 e. The molecule has 1 aliphatic rings. The number of hydrogen-bond donors (Lipinski definition) is 0. The van der Waals surface area contributed by atoms with Crippen molar-refractivity contribution in [2.45, 2.75) is 19.8 Å². The van der Waals surface area contributed by atoms with Gasteiger partial charge >= 0.3 is 0 Å². The number of nitrogens with zero attached hydrogens (tertiary/aromatic N) is 2. The predicted octanol–water partition coefficient (Wildman–Crippen LogP) is 0.594. The number of aromatic nitrogens is 1. The number of halogens is 1. The van der Waals surface area contributed by atoms with Gasteiger partial charge in [0.25, 0.3) is 0 Å². The van der Waals surface area contributed by atoms with Gasteiger partial charge in [-0.1, -0.05) is 6.07 Å². The average molecular weight is 406 g/mol. The second-order valence-electron chi connectivity index (χ2n) is 5.80. The zero-order valence-electron chi connectivity index (χ0n) is 13.3. The van der Waals surface area contributed by atoms with Crippen LogP contribution in [-0.4, -0.2) is 13.1 Å². The first kappa shape index (κ1) is 17.0. The van der Waals surface area contributed by atoms with Gasteiger partial charge in [0.15, 0.2) is 6.20 Å². The van der Waals surface area contributed by atoms with Gasteiger partial charge in [-0.25, -0.2) is 4.57 Å². The third-order valence-corrected chi connectivity index (χ3v) is 4.25. The molecule has 3 rings (SSSR count). The molecule has 0 amide bonds. The summed E-state index contributed by atoms with van der Waals surface area (Å²) < 4.78 is 2.13. The summed E-state index contributed by atoms with van der Waals surface area (Å²) in [5, 5.41) is 0. The van der Waals surface area contributed by atoms with Crippen molar-refractivity contribution in [2.24, 2.45) is 7.05 Å². The van der Waals surface area contributed by atoms with Crippen molar-refractivity contribution in [3.8, 4) is 0 Å². The highest BCUT2D eigenvalue weighted by Gasteiger charge is 2.12. The molecule has 0 radical (unpaired) electrons. The Labute approximate surface area is 150 Å². The Balaban J connectivity index is 0.00000176. The van der Waals surface area contributed by atoms with Gasteiger partial charge in [-0.2, -0.15) is 0 Å². The van der Waals surface area contributed by atoms with Crippen molar-refractivity contribution in [1.29, 1.82) is 0 Å². The highest BCUT2D eigenvalue weighted by molar-refractivity contribution is 5.70. The normalized spacial score (nSPS) is 14.4. The standard InChI is InChI=1S/C19H23N2.HI/c1-16-15-19(21-13-5-6-14-21)11-9-17(16)8-10-18-7-3-4-12-20(18)2;/h3-4,7-12,15H,5-6,13-14H2,1-2H3;1H/q+1;/p-1. The van der Waals surface area contributed by atoms with E-state index in [0.717, 1.165) is 0 Å². The van der Waals surface area contributed by atoms with E-state index in [1.807, 2.05) is 6.07 Å². The summed E-state index contributed by atoms with van der Waals surface area (Å²) >= 11 is 0. The minimum absolute atomic E-state index is 0. The number of benzene rings is 1. The molecule has 3 heteroatoms. The molecule has 0 unspecified atom stereocenters. The molecule has 2 heterocycles. The van der Waals surface area contributed by atoms with Crippen LogP contribution in [0.5, 0.6) is 0 Å². The van der Waals surface area contributed by atoms with Crippen molar-refractivity contribution < 1.29 is 28.5 Å². The van der Waals surface area contributed by atoms with Crippen LogP contribution in [0, 0.1) is 6.92 Å². The van der Waals surface area contributed by atoms with Crippen LogP contribution in [0.15, 0.2) is 42.6 Å². The fourth-order valence-corrected chi connectivity index (χ4v) is 2.90. The summed E-state index contributed by atoms with van der Waals surface area (Å²) in [5.74, 6) is 0. The molecule has 0 bridgehead atoms. The van der Waals surface area contributed by atoms with E-state index in [0.29, 0.717) is 0 Å². The molecule has 1 fully saturated rings. The summed E-state index contributed by atoms with van der Waals surface area (Å²) in [5.41, 5.74) is 5.21. The van der Waals surface area contributed by atoms with E-state index in [-0.39, 0.29) is 24.0 Å². The zero-order chi connectivity index (χ0) is 14.7. The van der Waals surface area contributed by atoms with Crippen LogP contribution >= 0.6 is 0 Å². The first-order valence-electron chi connectivity index (χ1n) is 7.72. The van der Waals surface area contributed by atoms with E-state index in [1.165, 1.54) is 48.4 Å². The average Bonchev–Trinajstić information content (AvgIpc) is 3.02. The largest absolute Gasteiger partial charge is 1.00 e. The molecule has 0 spiro atoms. The summed E-state index contributed by atoms with van der Waals surface area (Å²) in [7, 11) is 2.07. The van der Waals surface area contributed by atoms with E-state index in [9.17, 15) is 0 Å². The van der Waals surface area contributed by atoms with Crippen molar-refractivity contribution in [2.75, 3.05) is 18.0 Å². The Morgan fingerprint density at radius 2 is 1.82 bits per heavy atom. The number of rotatable bonds is 3. The molecule has 0 atom stereocenters. The van der Waals surface area contributed by atoms with E-state index < -0.39 is 0 Å². The van der Waals surface area contributed by atoms with Gasteiger partial charge in [0, 0.05) is 37.0 Å². The number of aryl methyl sites for hydroxylation is 2. The smallest absolute Gasteiger partial charge is 0.204 e. The minimum Gasteiger partial charge on any atom is -1.00 e. The third-order valence-electron chi connectivity index (χ3n) is 4.25. The highest BCUT2D eigenvalue weighted by Crippen LogP contribution is 2.23. The van der Waals surface area contributed by atoms with Crippen LogP contribution in [0.4, 0.5) is 5.69 Å². The van der Waals surface area contributed by atoms with Gasteiger partial charge in [-0.05, 0) is 55.2 Å². The predicted molar refractivity (Wildman–Crippen MR) is 89.2 cm³/mol. The summed E-state index contributed by atoms with van der Waals surface area (Å²) in [6.07, 6.45) is 9.11. The Morgan fingerprint density at radius 1 is 1.05 bits per heavy atom. The Morgan fingerprint density at radius 3 is 2.50 bits per heavy atom. The van der Waals surface area contributed by atoms with Crippen molar-refractivity contribution in [1.82, 2.24) is 0 Å². The lowest BCUT2D eigenvalue weighted by atomic mass is 10.1. The minimum atomic E-state index is 0. The van der Waals surface area contributed by atoms with E-state index in [1.54, 1.807) is 0 Å². The fraction of sp³-hybridized carbons (Fsp3) is 0.316. The molecule has 116 valence electrons. The van der Waals surface area contributed by atoms with Gasteiger partial charge in [0.05, 0.1) is 0 Å². The molecule has 1 aliphatic heterocycles. The van der Waals surface area contributed by atoms with Crippen LogP contribution in [0.1, 0.15) is 29.7 Å². The van der Waals surface area contributed by atoms with Crippen LogP contribution in [0.25, 0.3) is 12.2 Å². The lowest BCUT2D eigenvalue weighted by Crippen LogP contribution is -3.00. The number of hydrogen-bond acceptors (Lipinski definition) is 1. The quantitative estimate of drug-likeness (QED) is 0.535. The molecule has 1 saturated heterocycles. The van der Waals surface area contributed by atoms with Gasteiger partial charge in [0.2, 0.25) is 5.69 Å². The van der Waals surface area contributed by atoms with E-state index in [2.05, 4.69) is 72.1 Å². The molecule has 1 aromatic heterocycles. The Hall–Kier alpha value is -1.36. The first-order chi connectivity index (χ1) is 10.2. The lowest BCUT2D eigenvalue weighted by Gasteiger charge is -2.18.